The number of ketones is 1. The fourth-order valence-corrected chi connectivity index (χ4v) is 3.33. The summed E-state index contributed by atoms with van der Waals surface area (Å²) in [5.74, 6) is -0.168. The molecule has 0 saturated carbocycles. The van der Waals surface area contributed by atoms with E-state index in [1.54, 1.807) is 18.2 Å². The van der Waals surface area contributed by atoms with Gasteiger partial charge in [0.25, 0.3) is 0 Å². The van der Waals surface area contributed by atoms with Crippen molar-refractivity contribution in [3.05, 3.63) is 71.1 Å². The summed E-state index contributed by atoms with van der Waals surface area (Å²) in [6.45, 7) is 0. The Morgan fingerprint density at radius 1 is 1.00 bits per heavy atom. The van der Waals surface area contributed by atoms with Crippen LogP contribution in [0.2, 0.25) is 0 Å². The van der Waals surface area contributed by atoms with Crippen LogP contribution in [-0.4, -0.2) is 5.78 Å². The molecule has 0 spiro atoms. The number of benzene rings is 2. The molecule has 0 amide bonds. The number of para-hydroxylation sites is 1. The summed E-state index contributed by atoms with van der Waals surface area (Å²) in [5.41, 5.74) is 0.688. The summed E-state index contributed by atoms with van der Waals surface area (Å²) in [7, 11) is 0. The van der Waals surface area contributed by atoms with E-state index in [9.17, 15) is 9.18 Å². The molecule has 2 heterocycles. The Bertz CT molecular complexity index is 948. The fourth-order valence-electron chi connectivity index (χ4n) is 2.34. The second-order valence-corrected chi connectivity index (χ2v) is 5.85. The minimum Gasteiger partial charge on any atom is -0.453 e. The van der Waals surface area contributed by atoms with Crippen LogP contribution in [0.1, 0.15) is 15.4 Å². The van der Waals surface area contributed by atoms with Crippen molar-refractivity contribution < 1.29 is 13.6 Å². The lowest BCUT2D eigenvalue weighted by atomic mass is 10.2. The summed E-state index contributed by atoms with van der Waals surface area (Å²) in [6, 6.07) is 15.4. The molecular weight excluding hydrogens is 287 g/mol. The van der Waals surface area contributed by atoms with Crippen molar-refractivity contribution in [3.8, 4) is 0 Å². The van der Waals surface area contributed by atoms with Gasteiger partial charge in [0, 0.05) is 10.1 Å². The third kappa shape index (κ3) is 2.04. The summed E-state index contributed by atoms with van der Waals surface area (Å²) in [5, 5.41) is 1.63. The van der Waals surface area contributed by atoms with E-state index < -0.39 is 0 Å². The van der Waals surface area contributed by atoms with E-state index in [0.717, 1.165) is 15.5 Å². The Morgan fingerprint density at radius 3 is 2.71 bits per heavy atom. The first-order valence-electron chi connectivity index (χ1n) is 6.43. The van der Waals surface area contributed by atoms with Crippen LogP contribution in [-0.2, 0) is 0 Å². The molecule has 21 heavy (non-hydrogen) atoms. The molecular formula is C17H9FO2S. The summed E-state index contributed by atoms with van der Waals surface area (Å²) < 4.78 is 19.7. The molecule has 4 rings (SSSR count). The van der Waals surface area contributed by atoms with Crippen molar-refractivity contribution in [1.82, 2.24) is 0 Å². The maximum Gasteiger partial charge on any atom is 0.238 e. The lowest BCUT2D eigenvalue weighted by molar-refractivity contribution is 0.101. The predicted octanol–water partition coefficient (Wildman–Crippen LogP) is 5.02. The van der Waals surface area contributed by atoms with Crippen molar-refractivity contribution >= 4 is 38.2 Å². The van der Waals surface area contributed by atoms with Crippen LogP contribution in [0.5, 0.6) is 0 Å². The van der Waals surface area contributed by atoms with Crippen molar-refractivity contribution in [2.75, 3.05) is 0 Å². The average molecular weight is 296 g/mol. The Morgan fingerprint density at radius 2 is 1.86 bits per heavy atom. The molecule has 0 aliphatic heterocycles. The standard InChI is InChI=1S/C17H9FO2S/c18-12-5-6-15-11(7-12)9-16(21-15)17(19)14-8-10-3-1-2-4-13(10)20-14/h1-9H. The van der Waals surface area contributed by atoms with Gasteiger partial charge in [-0.15, -0.1) is 11.3 Å². The summed E-state index contributed by atoms with van der Waals surface area (Å²) >= 11 is 1.34. The first kappa shape index (κ1) is 12.3. The zero-order valence-corrected chi connectivity index (χ0v) is 11.6. The molecule has 102 valence electrons. The molecule has 4 heteroatoms. The van der Waals surface area contributed by atoms with E-state index in [1.807, 2.05) is 24.3 Å². The van der Waals surface area contributed by atoms with Gasteiger partial charge in [-0.05, 0) is 41.8 Å². The molecule has 2 aromatic carbocycles. The molecule has 0 radical (unpaired) electrons. The van der Waals surface area contributed by atoms with Crippen molar-refractivity contribution in [1.29, 1.82) is 0 Å². The summed E-state index contributed by atoms with van der Waals surface area (Å²) in [4.78, 5) is 13.0. The Labute approximate surface area is 123 Å². The number of carbonyl (C=O) groups excluding carboxylic acids is 1. The molecule has 0 atom stereocenters. The van der Waals surface area contributed by atoms with Gasteiger partial charge in [0.1, 0.15) is 11.4 Å². The Kier molecular flexibility index (Phi) is 2.65. The highest BCUT2D eigenvalue weighted by Gasteiger charge is 2.17. The van der Waals surface area contributed by atoms with E-state index in [0.29, 0.717) is 16.2 Å². The maximum atomic E-state index is 13.2. The van der Waals surface area contributed by atoms with E-state index in [4.69, 9.17) is 4.42 Å². The number of rotatable bonds is 2. The van der Waals surface area contributed by atoms with Crippen LogP contribution in [0.3, 0.4) is 0 Å². The quantitative estimate of drug-likeness (QED) is 0.486. The van der Waals surface area contributed by atoms with E-state index in [-0.39, 0.29) is 11.6 Å². The smallest absolute Gasteiger partial charge is 0.238 e. The molecule has 0 aliphatic carbocycles. The van der Waals surface area contributed by atoms with Gasteiger partial charge in [0.05, 0.1) is 4.88 Å². The van der Waals surface area contributed by atoms with Crippen molar-refractivity contribution in [3.63, 3.8) is 0 Å². The first-order chi connectivity index (χ1) is 10.2. The highest BCUT2D eigenvalue weighted by atomic mass is 32.1. The highest BCUT2D eigenvalue weighted by Crippen LogP contribution is 2.29. The Hall–Kier alpha value is -2.46. The molecule has 0 bridgehead atoms. The van der Waals surface area contributed by atoms with Crippen LogP contribution < -0.4 is 0 Å². The van der Waals surface area contributed by atoms with Crippen molar-refractivity contribution in [2.24, 2.45) is 0 Å². The molecule has 4 aromatic rings. The lowest BCUT2D eigenvalue weighted by Gasteiger charge is -1.90. The first-order valence-corrected chi connectivity index (χ1v) is 7.25. The topological polar surface area (TPSA) is 30.2 Å². The van der Waals surface area contributed by atoms with Crippen LogP contribution in [0.15, 0.2) is 59.0 Å². The molecule has 0 aliphatic rings. The highest BCUT2D eigenvalue weighted by molar-refractivity contribution is 7.21. The molecule has 0 N–H and O–H groups in total. The number of hydrogen-bond acceptors (Lipinski definition) is 3. The predicted molar refractivity (Wildman–Crippen MR) is 81.4 cm³/mol. The van der Waals surface area contributed by atoms with E-state index >= 15 is 0 Å². The summed E-state index contributed by atoms with van der Waals surface area (Å²) in [6.07, 6.45) is 0. The minimum absolute atomic E-state index is 0.173. The monoisotopic (exact) mass is 296 g/mol. The zero-order chi connectivity index (χ0) is 14.4. The van der Waals surface area contributed by atoms with Crippen LogP contribution in [0, 0.1) is 5.82 Å². The minimum atomic E-state index is -0.303. The van der Waals surface area contributed by atoms with E-state index in [2.05, 4.69) is 0 Å². The molecule has 2 nitrogen and oxygen atoms in total. The van der Waals surface area contributed by atoms with Gasteiger partial charge >= 0.3 is 0 Å². The van der Waals surface area contributed by atoms with Gasteiger partial charge in [-0.2, -0.15) is 0 Å². The lowest BCUT2D eigenvalue weighted by Crippen LogP contribution is -1.95. The van der Waals surface area contributed by atoms with Crippen LogP contribution in [0.25, 0.3) is 21.1 Å². The SMILES string of the molecule is O=C(c1cc2ccccc2o1)c1cc2cc(F)ccc2s1. The maximum absolute atomic E-state index is 13.2. The van der Waals surface area contributed by atoms with Crippen LogP contribution in [0.4, 0.5) is 4.39 Å². The zero-order valence-electron chi connectivity index (χ0n) is 10.8. The van der Waals surface area contributed by atoms with Gasteiger partial charge in [0.2, 0.25) is 5.78 Å². The van der Waals surface area contributed by atoms with Gasteiger partial charge in [-0.25, -0.2) is 4.39 Å². The van der Waals surface area contributed by atoms with Gasteiger partial charge in [-0.1, -0.05) is 18.2 Å². The van der Waals surface area contributed by atoms with Gasteiger partial charge in [0.15, 0.2) is 5.76 Å². The molecule has 0 fully saturated rings. The second kappa shape index (κ2) is 4.53. The molecule has 2 aromatic heterocycles. The van der Waals surface area contributed by atoms with Gasteiger partial charge < -0.3 is 4.42 Å². The molecule has 0 unspecified atom stereocenters. The molecule has 0 saturated heterocycles. The second-order valence-electron chi connectivity index (χ2n) is 4.77. The van der Waals surface area contributed by atoms with Crippen LogP contribution >= 0.6 is 11.3 Å². The van der Waals surface area contributed by atoms with Gasteiger partial charge in [-0.3, -0.25) is 4.79 Å². The van der Waals surface area contributed by atoms with Crippen molar-refractivity contribution in [2.45, 2.75) is 0 Å². The van der Waals surface area contributed by atoms with E-state index in [1.165, 1.54) is 23.5 Å². The normalized spacial score (nSPS) is 11.3. The third-order valence-electron chi connectivity index (χ3n) is 3.35. The number of halogens is 1. The Balaban J connectivity index is 1.81. The average Bonchev–Trinajstić information content (AvgIpc) is 3.09. The number of thiophene rings is 1. The third-order valence-corrected chi connectivity index (χ3v) is 4.47. The largest absolute Gasteiger partial charge is 0.453 e. The number of furan rings is 1. The number of carbonyl (C=O) groups is 1. The number of hydrogen-bond donors (Lipinski definition) is 0. The fraction of sp³-hybridized carbons (Fsp3) is 0. The number of fused-ring (bicyclic) bond motifs is 2.